The highest BCUT2D eigenvalue weighted by Gasteiger charge is 2.12. The first kappa shape index (κ1) is 14.5. The molecule has 1 aromatic rings. The van der Waals surface area contributed by atoms with Gasteiger partial charge < -0.3 is 10.8 Å². The first-order valence-corrected chi connectivity index (χ1v) is 6.73. The first-order valence-electron chi connectivity index (χ1n) is 5.75. The minimum atomic E-state index is -0.211. The van der Waals surface area contributed by atoms with E-state index in [0.717, 1.165) is 16.2 Å². The molecule has 0 radical (unpaired) electrons. The van der Waals surface area contributed by atoms with Gasteiger partial charge >= 0.3 is 0 Å². The molecule has 0 aliphatic rings. The minimum absolute atomic E-state index is 0.167. The standard InChI is InChI=1S/C13H20FNOS/c1-8(6-16)7-17-13-4-9(2)12(14)5-11(13)10(3)15/h4-5,8,10,16H,6-7,15H2,1-3H3/t8?,10-/m0/s1. The van der Waals surface area contributed by atoms with Crippen molar-refractivity contribution in [2.45, 2.75) is 31.7 Å². The summed E-state index contributed by atoms with van der Waals surface area (Å²) >= 11 is 1.62. The van der Waals surface area contributed by atoms with Crippen LogP contribution in [-0.2, 0) is 0 Å². The van der Waals surface area contributed by atoms with E-state index in [0.29, 0.717) is 5.56 Å². The summed E-state index contributed by atoms with van der Waals surface area (Å²) in [5, 5.41) is 8.99. The van der Waals surface area contributed by atoms with Crippen LogP contribution in [0.15, 0.2) is 17.0 Å². The van der Waals surface area contributed by atoms with Crippen molar-refractivity contribution in [1.82, 2.24) is 0 Å². The first-order chi connectivity index (χ1) is 7.95. The average Bonchev–Trinajstić information content (AvgIpc) is 2.29. The van der Waals surface area contributed by atoms with Crippen molar-refractivity contribution < 1.29 is 9.50 Å². The number of benzene rings is 1. The predicted molar refractivity (Wildman–Crippen MR) is 70.7 cm³/mol. The molecule has 0 heterocycles. The van der Waals surface area contributed by atoms with E-state index in [1.807, 2.05) is 19.9 Å². The third-order valence-corrected chi connectivity index (χ3v) is 4.02. The molecule has 0 amide bonds. The molecule has 3 N–H and O–H groups in total. The molecule has 1 unspecified atom stereocenters. The largest absolute Gasteiger partial charge is 0.396 e. The topological polar surface area (TPSA) is 46.2 Å². The van der Waals surface area contributed by atoms with Crippen molar-refractivity contribution in [2.75, 3.05) is 12.4 Å². The summed E-state index contributed by atoms with van der Waals surface area (Å²) in [5.74, 6) is 0.824. The molecule has 0 aliphatic heterocycles. The highest BCUT2D eigenvalue weighted by molar-refractivity contribution is 7.99. The number of aliphatic hydroxyl groups excluding tert-OH is 1. The fourth-order valence-corrected chi connectivity index (χ4v) is 2.68. The number of aliphatic hydroxyl groups is 1. The van der Waals surface area contributed by atoms with Crippen molar-refractivity contribution in [3.63, 3.8) is 0 Å². The van der Waals surface area contributed by atoms with Gasteiger partial charge in [0.2, 0.25) is 0 Å². The number of hydrogen-bond acceptors (Lipinski definition) is 3. The van der Waals surface area contributed by atoms with E-state index in [9.17, 15) is 4.39 Å². The molecule has 96 valence electrons. The molecule has 1 aromatic carbocycles. The quantitative estimate of drug-likeness (QED) is 0.797. The van der Waals surface area contributed by atoms with Crippen LogP contribution in [0.25, 0.3) is 0 Å². The lowest BCUT2D eigenvalue weighted by Gasteiger charge is -2.15. The summed E-state index contributed by atoms with van der Waals surface area (Å²) in [5.41, 5.74) is 7.31. The molecular formula is C13H20FNOS. The van der Waals surface area contributed by atoms with Gasteiger partial charge in [-0.1, -0.05) is 6.92 Å². The molecule has 2 nitrogen and oxygen atoms in total. The second kappa shape index (κ2) is 6.38. The number of hydrogen-bond donors (Lipinski definition) is 2. The van der Waals surface area contributed by atoms with Gasteiger partial charge in [0, 0.05) is 23.3 Å². The molecule has 0 bridgehead atoms. The third kappa shape index (κ3) is 3.98. The van der Waals surface area contributed by atoms with Crippen LogP contribution < -0.4 is 5.73 Å². The Kier molecular flexibility index (Phi) is 5.43. The van der Waals surface area contributed by atoms with E-state index < -0.39 is 0 Å². The lowest BCUT2D eigenvalue weighted by Crippen LogP contribution is -2.09. The fourth-order valence-electron chi connectivity index (χ4n) is 1.44. The predicted octanol–water partition coefficient (Wildman–Crippen LogP) is 2.87. The number of thioether (sulfide) groups is 1. The Bertz CT molecular complexity index is 382. The Hall–Kier alpha value is -0.580. The van der Waals surface area contributed by atoms with Crippen LogP contribution in [0.3, 0.4) is 0 Å². The van der Waals surface area contributed by atoms with Crippen LogP contribution in [0.2, 0.25) is 0 Å². The SMILES string of the molecule is Cc1cc(SCC(C)CO)c([C@H](C)N)cc1F. The van der Waals surface area contributed by atoms with Gasteiger partial charge in [-0.25, -0.2) is 4.39 Å². The van der Waals surface area contributed by atoms with Gasteiger partial charge in [0.25, 0.3) is 0 Å². The maximum atomic E-state index is 13.5. The van der Waals surface area contributed by atoms with Crippen LogP contribution >= 0.6 is 11.8 Å². The van der Waals surface area contributed by atoms with E-state index in [2.05, 4.69) is 0 Å². The molecule has 0 aromatic heterocycles. The Labute approximate surface area is 106 Å². The van der Waals surface area contributed by atoms with Crippen molar-refractivity contribution in [2.24, 2.45) is 11.7 Å². The van der Waals surface area contributed by atoms with Gasteiger partial charge in [0.1, 0.15) is 5.82 Å². The zero-order chi connectivity index (χ0) is 13.0. The molecule has 17 heavy (non-hydrogen) atoms. The average molecular weight is 257 g/mol. The summed E-state index contributed by atoms with van der Waals surface area (Å²) in [4.78, 5) is 1.01. The molecule has 1 rings (SSSR count). The highest BCUT2D eigenvalue weighted by atomic mass is 32.2. The molecule has 0 saturated heterocycles. The minimum Gasteiger partial charge on any atom is -0.396 e. The fraction of sp³-hybridized carbons (Fsp3) is 0.538. The monoisotopic (exact) mass is 257 g/mol. The molecule has 0 spiro atoms. The third-order valence-electron chi connectivity index (χ3n) is 2.62. The summed E-state index contributed by atoms with van der Waals surface area (Å²) < 4.78 is 13.5. The Balaban J connectivity index is 2.92. The zero-order valence-corrected chi connectivity index (χ0v) is 11.4. The van der Waals surface area contributed by atoms with Crippen LogP contribution in [0, 0.1) is 18.7 Å². The molecule has 4 heteroatoms. The van der Waals surface area contributed by atoms with Gasteiger partial charge in [-0.05, 0) is 43.0 Å². The lowest BCUT2D eigenvalue weighted by atomic mass is 10.1. The second-order valence-electron chi connectivity index (χ2n) is 4.53. The second-order valence-corrected chi connectivity index (χ2v) is 5.59. The number of aryl methyl sites for hydroxylation is 1. The van der Waals surface area contributed by atoms with Crippen LogP contribution in [0.1, 0.15) is 31.0 Å². The summed E-state index contributed by atoms with van der Waals surface area (Å²) in [6.45, 7) is 5.75. The van der Waals surface area contributed by atoms with Gasteiger partial charge in [-0.15, -0.1) is 11.8 Å². The smallest absolute Gasteiger partial charge is 0.126 e. The van der Waals surface area contributed by atoms with Crippen LogP contribution in [0.5, 0.6) is 0 Å². The molecule has 0 fully saturated rings. The summed E-state index contributed by atoms with van der Waals surface area (Å²) in [7, 11) is 0. The van der Waals surface area contributed by atoms with Crippen molar-refractivity contribution in [3.05, 3.63) is 29.1 Å². The van der Waals surface area contributed by atoms with E-state index in [4.69, 9.17) is 10.8 Å². The van der Waals surface area contributed by atoms with E-state index in [-0.39, 0.29) is 24.4 Å². The van der Waals surface area contributed by atoms with Gasteiger partial charge in [0.15, 0.2) is 0 Å². The maximum Gasteiger partial charge on any atom is 0.126 e. The maximum absolute atomic E-state index is 13.5. The van der Waals surface area contributed by atoms with Crippen molar-refractivity contribution >= 4 is 11.8 Å². The zero-order valence-electron chi connectivity index (χ0n) is 10.5. The Morgan fingerprint density at radius 2 is 2.06 bits per heavy atom. The Morgan fingerprint density at radius 1 is 1.41 bits per heavy atom. The van der Waals surface area contributed by atoms with E-state index >= 15 is 0 Å². The van der Waals surface area contributed by atoms with Crippen molar-refractivity contribution in [3.8, 4) is 0 Å². The number of halogens is 1. The van der Waals surface area contributed by atoms with E-state index in [1.54, 1.807) is 18.7 Å². The summed E-state index contributed by atoms with van der Waals surface area (Å²) in [6.07, 6.45) is 0. The van der Waals surface area contributed by atoms with Gasteiger partial charge in [-0.2, -0.15) is 0 Å². The molecule has 2 atom stereocenters. The van der Waals surface area contributed by atoms with Crippen LogP contribution in [0.4, 0.5) is 4.39 Å². The molecule has 0 aliphatic carbocycles. The van der Waals surface area contributed by atoms with Gasteiger partial charge in [-0.3, -0.25) is 0 Å². The number of rotatable bonds is 5. The summed E-state index contributed by atoms with van der Waals surface area (Å²) in [6, 6.07) is 3.17. The Morgan fingerprint density at radius 3 is 2.59 bits per heavy atom. The lowest BCUT2D eigenvalue weighted by molar-refractivity contribution is 0.250. The normalized spacial score (nSPS) is 14.7. The van der Waals surface area contributed by atoms with E-state index in [1.165, 1.54) is 6.07 Å². The molecule has 0 saturated carbocycles. The highest BCUT2D eigenvalue weighted by Crippen LogP contribution is 2.30. The van der Waals surface area contributed by atoms with Crippen molar-refractivity contribution in [1.29, 1.82) is 0 Å². The molecular weight excluding hydrogens is 237 g/mol. The number of nitrogens with two attached hydrogens (primary N) is 1. The van der Waals surface area contributed by atoms with Crippen LogP contribution in [-0.4, -0.2) is 17.5 Å². The van der Waals surface area contributed by atoms with Gasteiger partial charge in [0.05, 0.1) is 0 Å².